The molecule has 0 heterocycles. The van der Waals surface area contributed by atoms with Crippen molar-refractivity contribution in [1.29, 1.82) is 5.26 Å². The molecule has 2 nitrogen and oxygen atoms in total. The largest absolute Gasteiger partial charge is 0.254 e. The van der Waals surface area contributed by atoms with E-state index in [4.69, 9.17) is 5.26 Å². The van der Waals surface area contributed by atoms with Crippen LogP contribution in [0.4, 0.5) is 4.39 Å². The van der Waals surface area contributed by atoms with Crippen molar-refractivity contribution in [2.75, 3.05) is 0 Å². The molecule has 0 bridgehead atoms. The Morgan fingerprint density at radius 2 is 1.95 bits per heavy atom. The molecule has 2 aromatic carbocycles. The summed E-state index contributed by atoms with van der Waals surface area (Å²) in [7, 11) is -1.20. The molecule has 0 saturated carbocycles. The van der Waals surface area contributed by atoms with Crippen LogP contribution in [-0.4, -0.2) is 4.21 Å². The molecule has 20 heavy (non-hydrogen) atoms. The molecule has 0 aliphatic carbocycles. The van der Waals surface area contributed by atoms with Crippen LogP contribution in [0.3, 0.4) is 0 Å². The zero-order valence-electron chi connectivity index (χ0n) is 11.3. The Bertz CT molecular complexity index is 719. The van der Waals surface area contributed by atoms with Gasteiger partial charge < -0.3 is 0 Å². The van der Waals surface area contributed by atoms with Gasteiger partial charge in [-0.25, -0.2) is 4.39 Å². The van der Waals surface area contributed by atoms with Crippen LogP contribution < -0.4 is 0 Å². The topological polar surface area (TPSA) is 40.9 Å². The van der Waals surface area contributed by atoms with E-state index in [1.165, 1.54) is 12.1 Å². The van der Waals surface area contributed by atoms with Gasteiger partial charge in [0.1, 0.15) is 11.9 Å². The molecule has 2 rings (SSSR count). The van der Waals surface area contributed by atoms with Crippen molar-refractivity contribution < 1.29 is 8.60 Å². The molecule has 0 fully saturated rings. The zero-order chi connectivity index (χ0) is 14.7. The van der Waals surface area contributed by atoms with Gasteiger partial charge in [0.15, 0.2) is 0 Å². The fourth-order valence-corrected chi connectivity index (χ4v) is 3.31. The van der Waals surface area contributed by atoms with Crippen molar-refractivity contribution in [1.82, 2.24) is 0 Å². The predicted octanol–water partition coefficient (Wildman–Crippen LogP) is 3.62. The first-order chi connectivity index (χ1) is 9.51. The average molecular weight is 287 g/mol. The number of hydrogen-bond acceptors (Lipinski definition) is 2. The minimum atomic E-state index is -1.20. The van der Waals surface area contributed by atoms with Crippen LogP contribution in [-0.2, 0) is 16.6 Å². The molecular weight excluding hydrogens is 273 g/mol. The van der Waals surface area contributed by atoms with Gasteiger partial charge in [-0.1, -0.05) is 23.8 Å². The lowest BCUT2D eigenvalue weighted by Crippen LogP contribution is -2.00. The van der Waals surface area contributed by atoms with Gasteiger partial charge in [-0.15, -0.1) is 0 Å². The van der Waals surface area contributed by atoms with Crippen LogP contribution in [0.1, 0.15) is 22.3 Å². The third-order valence-corrected chi connectivity index (χ3v) is 4.57. The highest BCUT2D eigenvalue weighted by molar-refractivity contribution is 7.84. The molecule has 0 radical (unpaired) electrons. The number of hydrogen-bond donors (Lipinski definition) is 0. The lowest BCUT2D eigenvalue weighted by Gasteiger charge is -2.07. The second kappa shape index (κ2) is 5.98. The van der Waals surface area contributed by atoms with E-state index in [-0.39, 0.29) is 11.3 Å². The van der Waals surface area contributed by atoms with Crippen molar-refractivity contribution in [3.8, 4) is 6.07 Å². The maximum atomic E-state index is 13.2. The SMILES string of the molecule is Cc1ccc(S(=O)Cc2ccc(F)c(C#N)c2)c(C)c1. The molecule has 102 valence electrons. The first-order valence-corrected chi connectivity index (χ1v) is 7.47. The van der Waals surface area contributed by atoms with E-state index in [2.05, 4.69) is 0 Å². The summed E-state index contributed by atoms with van der Waals surface area (Å²) in [6, 6.07) is 11.8. The summed E-state index contributed by atoms with van der Waals surface area (Å²) in [4.78, 5) is 0.776. The Morgan fingerprint density at radius 3 is 2.60 bits per heavy atom. The lowest BCUT2D eigenvalue weighted by molar-refractivity contribution is 0.623. The van der Waals surface area contributed by atoms with Gasteiger partial charge in [0.2, 0.25) is 0 Å². The highest BCUT2D eigenvalue weighted by Gasteiger charge is 2.10. The molecule has 0 N–H and O–H groups in total. The van der Waals surface area contributed by atoms with E-state index in [0.29, 0.717) is 5.56 Å². The van der Waals surface area contributed by atoms with Crippen LogP contribution in [0.5, 0.6) is 0 Å². The van der Waals surface area contributed by atoms with Gasteiger partial charge in [-0.05, 0) is 43.2 Å². The molecule has 0 spiro atoms. The van der Waals surface area contributed by atoms with E-state index in [0.717, 1.165) is 16.0 Å². The molecule has 0 aliphatic rings. The van der Waals surface area contributed by atoms with Crippen LogP contribution in [0.2, 0.25) is 0 Å². The number of nitriles is 1. The quantitative estimate of drug-likeness (QED) is 0.865. The number of halogens is 1. The molecule has 0 amide bonds. The van der Waals surface area contributed by atoms with Gasteiger partial charge >= 0.3 is 0 Å². The molecule has 4 heteroatoms. The normalized spacial score (nSPS) is 11.9. The monoisotopic (exact) mass is 287 g/mol. The summed E-state index contributed by atoms with van der Waals surface area (Å²) in [5.74, 6) is -0.271. The average Bonchev–Trinajstić information content (AvgIpc) is 2.40. The first-order valence-electron chi connectivity index (χ1n) is 6.15. The molecule has 0 saturated heterocycles. The van der Waals surface area contributed by atoms with Gasteiger partial charge in [-0.2, -0.15) is 5.26 Å². The third kappa shape index (κ3) is 3.12. The fraction of sp³-hybridized carbons (Fsp3) is 0.188. The molecule has 1 unspecified atom stereocenters. The van der Waals surface area contributed by atoms with Gasteiger partial charge in [0, 0.05) is 4.90 Å². The second-order valence-electron chi connectivity index (χ2n) is 4.68. The van der Waals surface area contributed by atoms with Crippen molar-refractivity contribution in [3.63, 3.8) is 0 Å². The highest BCUT2D eigenvalue weighted by atomic mass is 32.2. The predicted molar refractivity (Wildman–Crippen MR) is 77.1 cm³/mol. The minimum absolute atomic E-state index is 0.0138. The summed E-state index contributed by atoms with van der Waals surface area (Å²) in [5.41, 5.74) is 2.78. The number of rotatable bonds is 3. The highest BCUT2D eigenvalue weighted by Crippen LogP contribution is 2.19. The maximum absolute atomic E-state index is 13.2. The fourth-order valence-electron chi connectivity index (χ4n) is 2.03. The summed E-state index contributed by atoms with van der Waals surface area (Å²) in [6.45, 7) is 3.91. The molecule has 2 aromatic rings. The van der Waals surface area contributed by atoms with Crippen LogP contribution >= 0.6 is 0 Å². The smallest absolute Gasteiger partial charge is 0.140 e. The summed E-state index contributed by atoms with van der Waals surface area (Å²) >= 11 is 0. The molecule has 0 aromatic heterocycles. The lowest BCUT2D eigenvalue weighted by atomic mass is 10.1. The van der Waals surface area contributed by atoms with E-state index in [1.54, 1.807) is 12.1 Å². The number of aryl methyl sites for hydroxylation is 2. The zero-order valence-corrected chi connectivity index (χ0v) is 12.1. The summed E-state index contributed by atoms with van der Waals surface area (Å²) in [6.07, 6.45) is 0. The Hall–Kier alpha value is -1.99. The van der Waals surface area contributed by atoms with E-state index >= 15 is 0 Å². The molecular formula is C16H14FNOS. The van der Waals surface area contributed by atoms with Crippen LogP contribution in [0.25, 0.3) is 0 Å². The van der Waals surface area contributed by atoms with Gasteiger partial charge in [-0.3, -0.25) is 4.21 Å². The Morgan fingerprint density at radius 1 is 1.20 bits per heavy atom. The van der Waals surface area contributed by atoms with Gasteiger partial charge in [0.25, 0.3) is 0 Å². The summed E-state index contributed by atoms with van der Waals surface area (Å²) in [5, 5.41) is 8.80. The molecule has 1 atom stereocenters. The number of nitrogens with zero attached hydrogens (tertiary/aromatic N) is 1. The van der Waals surface area contributed by atoms with E-state index in [9.17, 15) is 8.60 Å². The van der Waals surface area contributed by atoms with E-state index < -0.39 is 16.6 Å². The second-order valence-corrected chi connectivity index (χ2v) is 6.10. The Labute approximate surface area is 120 Å². The Balaban J connectivity index is 2.26. The standard InChI is InChI=1S/C16H14FNOS/c1-11-3-6-16(12(2)7-11)20(19)10-13-4-5-15(17)14(8-13)9-18/h3-8H,10H2,1-2H3. The van der Waals surface area contributed by atoms with Crippen LogP contribution in [0, 0.1) is 31.0 Å². The summed E-state index contributed by atoms with van der Waals surface area (Å²) < 4.78 is 25.6. The maximum Gasteiger partial charge on any atom is 0.140 e. The van der Waals surface area contributed by atoms with E-state index in [1.807, 2.05) is 32.0 Å². The van der Waals surface area contributed by atoms with Crippen molar-refractivity contribution in [2.45, 2.75) is 24.5 Å². The molecule has 0 aliphatic heterocycles. The first kappa shape index (κ1) is 14.4. The Kier molecular flexibility index (Phi) is 4.31. The number of benzene rings is 2. The third-order valence-electron chi connectivity index (χ3n) is 3.02. The van der Waals surface area contributed by atoms with Gasteiger partial charge in [0.05, 0.1) is 22.1 Å². The van der Waals surface area contributed by atoms with Crippen molar-refractivity contribution >= 4 is 10.8 Å². The van der Waals surface area contributed by atoms with Crippen molar-refractivity contribution in [3.05, 3.63) is 64.5 Å². The van der Waals surface area contributed by atoms with Crippen molar-refractivity contribution in [2.24, 2.45) is 0 Å². The minimum Gasteiger partial charge on any atom is -0.254 e. The van der Waals surface area contributed by atoms with Crippen LogP contribution in [0.15, 0.2) is 41.3 Å².